The Labute approximate surface area is 82.1 Å². The molecule has 1 fully saturated rings. The van der Waals surface area contributed by atoms with Crippen molar-refractivity contribution in [1.29, 1.82) is 0 Å². The van der Waals surface area contributed by atoms with Crippen LogP contribution in [0.25, 0.3) is 0 Å². The molecule has 1 aliphatic heterocycles. The first-order valence-corrected chi connectivity index (χ1v) is 4.90. The molecule has 0 bridgehead atoms. The summed E-state index contributed by atoms with van der Waals surface area (Å²) in [4.78, 5) is 0. The largest absolute Gasteiger partial charge is 0.384 e. The van der Waals surface area contributed by atoms with Crippen molar-refractivity contribution in [3.8, 4) is 0 Å². The van der Waals surface area contributed by atoms with Gasteiger partial charge < -0.3 is 11.1 Å². The van der Waals surface area contributed by atoms with Crippen LogP contribution >= 0.6 is 11.6 Å². The van der Waals surface area contributed by atoms with E-state index in [9.17, 15) is 0 Å². The van der Waals surface area contributed by atoms with Crippen molar-refractivity contribution in [2.75, 3.05) is 11.9 Å². The van der Waals surface area contributed by atoms with E-state index in [2.05, 4.69) is 11.4 Å². The number of halogens is 1. The van der Waals surface area contributed by atoms with Crippen LogP contribution in [0.1, 0.15) is 12.0 Å². The van der Waals surface area contributed by atoms with Crippen LogP contribution in [0.15, 0.2) is 18.2 Å². The van der Waals surface area contributed by atoms with E-state index in [-0.39, 0.29) is 5.41 Å². The van der Waals surface area contributed by atoms with E-state index in [1.807, 2.05) is 12.1 Å². The van der Waals surface area contributed by atoms with Gasteiger partial charge in [0.05, 0.1) is 0 Å². The van der Waals surface area contributed by atoms with Crippen LogP contribution in [-0.4, -0.2) is 12.6 Å². The molecule has 1 aliphatic carbocycles. The lowest BCUT2D eigenvalue weighted by Gasteiger charge is -2.06. The van der Waals surface area contributed by atoms with Crippen LogP contribution in [-0.2, 0) is 5.41 Å². The summed E-state index contributed by atoms with van der Waals surface area (Å²) in [5.41, 5.74) is 8.70. The van der Waals surface area contributed by atoms with Crippen molar-refractivity contribution in [2.24, 2.45) is 5.73 Å². The van der Waals surface area contributed by atoms with Gasteiger partial charge in [-0.15, -0.1) is 0 Å². The molecule has 1 aromatic rings. The molecule has 3 N–H and O–H groups in total. The van der Waals surface area contributed by atoms with Crippen LogP contribution in [0.2, 0.25) is 5.02 Å². The first kappa shape index (κ1) is 7.65. The van der Waals surface area contributed by atoms with Crippen LogP contribution in [0.4, 0.5) is 5.69 Å². The quantitative estimate of drug-likeness (QED) is 0.660. The van der Waals surface area contributed by atoms with E-state index in [0.29, 0.717) is 6.04 Å². The summed E-state index contributed by atoms with van der Waals surface area (Å²) in [6, 6.07) is 6.36. The Balaban J connectivity index is 2.13. The van der Waals surface area contributed by atoms with E-state index in [4.69, 9.17) is 17.3 Å². The van der Waals surface area contributed by atoms with Crippen molar-refractivity contribution < 1.29 is 0 Å². The molecule has 0 amide bonds. The van der Waals surface area contributed by atoms with Gasteiger partial charge in [-0.3, -0.25) is 0 Å². The molecule has 3 rings (SSSR count). The highest BCUT2D eigenvalue weighted by molar-refractivity contribution is 6.30. The highest BCUT2D eigenvalue weighted by Gasteiger charge is 2.56. The van der Waals surface area contributed by atoms with E-state index >= 15 is 0 Å². The van der Waals surface area contributed by atoms with Crippen LogP contribution in [0.3, 0.4) is 0 Å². The lowest BCUT2D eigenvalue weighted by Crippen LogP contribution is -2.20. The molecule has 2 nitrogen and oxygen atoms in total. The van der Waals surface area contributed by atoms with E-state index < -0.39 is 0 Å². The maximum absolute atomic E-state index is 5.94. The maximum Gasteiger partial charge on any atom is 0.0426 e. The topological polar surface area (TPSA) is 38.0 Å². The standard InChI is InChI=1S/C10H11ClN2/c11-6-1-2-7-8(3-6)13-5-10(7)4-9(10)12/h1-3,9,13H,4-5,12H2. The average molecular weight is 195 g/mol. The van der Waals surface area contributed by atoms with Gasteiger partial charge in [-0.25, -0.2) is 0 Å². The Morgan fingerprint density at radius 2 is 2.31 bits per heavy atom. The fourth-order valence-electron chi connectivity index (χ4n) is 2.29. The molecule has 1 saturated carbocycles. The Hall–Kier alpha value is -0.730. The summed E-state index contributed by atoms with van der Waals surface area (Å²) in [6.07, 6.45) is 1.11. The molecule has 2 aliphatic rings. The minimum Gasteiger partial charge on any atom is -0.384 e. The van der Waals surface area contributed by atoms with Crippen molar-refractivity contribution >= 4 is 17.3 Å². The van der Waals surface area contributed by atoms with Crippen LogP contribution < -0.4 is 11.1 Å². The smallest absolute Gasteiger partial charge is 0.0426 e. The van der Waals surface area contributed by atoms with E-state index in [1.165, 1.54) is 11.3 Å². The zero-order chi connectivity index (χ0) is 9.05. The van der Waals surface area contributed by atoms with Crippen molar-refractivity contribution in [1.82, 2.24) is 0 Å². The zero-order valence-electron chi connectivity index (χ0n) is 7.18. The third-order valence-electron chi connectivity index (χ3n) is 3.25. The van der Waals surface area contributed by atoms with Crippen molar-refractivity contribution in [3.63, 3.8) is 0 Å². The first-order valence-electron chi connectivity index (χ1n) is 4.52. The SMILES string of the molecule is NC1CC12CNc1cc(Cl)ccc12. The molecule has 0 aromatic heterocycles. The predicted octanol–water partition coefficient (Wildman–Crippen LogP) is 1.73. The van der Waals surface area contributed by atoms with Gasteiger partial charge in [0.1, 0.15) is 0 Å². The maximum atomic E-state index is 5.94. The number of hydrogen-bond acceptors (Lipinski definition) is 2. The van der Waals surface area contributed by atoms with Gasteiger partial charge in [0.2, 0.25) is 0 Å². The Kier molecular flexibility index (Phi) is 1.29. The first-order chi connectivity index (χ1) is 6.22. The van der Waals surface area contributed by atoms with Gasteiger partial charge in [-0.1, -0.05) is 17.7 Å². The predicted molar refractivity (Wildman–Crippen MR) is 54.2 cm³/mol. The summed E-state index contributed by atoms with van der Waals surface area (Å²) in [6.45, 7) is 0.976. The van der Waals surface area contributed by atoms with Gasteiger partial charge in [-0.05, 0) is 24.1 Å². The van der Waals surface area contributed by atoms with Gasteiger partial charge in [0.25, 0.3) is 0 Å². The number of nitrogens with two attached hydrogens (primary N) is 1. The second kappa shape index (κ2) is 2.20. The van der Waals surface area contributed by atoms with Crippen molar-refractivity contribution in [2.45, 2.75) is 17.9 Å². The molecule has 1 spiro atoms. The summed E-state index contributed by atoms with van der Waals surface area (Å²) in [7, 11) is 0. The van der Waals surface area contributed by atoms with E-state index in [1.54, 1.807) is 0 Å². The fourth-order valence-corrected chi connectivity index (χ4v) is 2.46. The number of anilines is 1. The molecule has 2 atom stereocenters. The van der Waals surface area contributed by atoms with Gasteiger partial charge >= 0.3 is 0 Å². The number of rotatable bonds is 0. The second-order valence-corrected chi connectivity index (χ2v) is 4.45. The second-order valence-electron chi connectivity index (χ2n) is 4.01. The minimum absolute atomic E-state index is 0.236. The molecular formula is C10H11ClN2. The number of fused-ring (bicyclic) bond motifs is 2. The lowest BCUT2D eigenvalue weighted by molar-refractivity contribution is 0.733. The Morgan fingerprint density at radius 1 is 1.54 bits per heavy atom. The summed E-state index contributed by atoms with van der Waals surface area (Å²) < 4.78 is 0. The summed E-state index contributed by atoms with van der Waals surface area (Å²) in [5.74, 6) is 0. The van der Waals surface area contributed by atoms with Crippen molar-refractivity contribution in [3.05, 3.63) is 28.8 Å². The Bertz CT molecular complexity index is 377. The third-order valence-corrected chi connectivity index (χ3v) is 3.48. The van der Waals surface area contributed by atoms with Gasteiger partial charge in [0.15, 0.2) is 0 Å². The van der Waals surface area contributed by atoms with E-state index in [0.717, 1.165) is 18.0 Å². The number of nitrogens with one attached hydrogen (secondary N) is 1. The highest BCUT2D eigenvalue weighted by atomic mass is 35.5. The van der Waals surface area contributed by atoms with Gasteiger partial charge in [0, 0.05) is 28.7 Å². The molecule has 3 heteroatoms. The average Bonchev–Trinajstić information content (AvgIpc) is 2.59. The van der Waals surface area contributed by atoms with Gasteiger partial charge in [-0.2, -0.15) is 0 Å². The molecule has 13 heavy (non-hydrogen) atoms. The molecule has 1 heterocycles. The minimum atomic E-state index is 0.236. The molecule has 2 unspecified atom stereocenters. The zero-order valence-corrected chi connectivity index (χ0v) is 7.93. The third kappa shape index (κ3) is 0.875. The molecule has 68 valence electrons. The summed E-state index contributed by atoms with van der Waals surface area (Å²) >= 11 is 5.90. The summed E-state index contributed by atoms with van der Waals surface area (Å²) in [5, 5.41) is 4.15. The van der Waals surface area contributed by atoms with Crippen LogP contribution in [0.5, 0.6) is 0 Å². The lowest BCUT2D eigenvalue weighted by atomic mass is 9.98. The van der Waals surface area contributed by atoms with Crippen LogP contribution in [0, 0.1) is 0 Å². The monoisotopic (exact) mass is 194 g/mol. The molecule has 0 saturated heterocycles. The fraction of sp³-hybridized carbons (Fsp3) is 0.400. The molecule has 0 radical (unpaired) electrons. The normalized spacial score (nSPS) is 34.5. The Morgan fingerprint density at radius 3 is 3.00 bits per heavy atom. The molecular weight excluding hydrogens is 184 g/mol. The number of benzene rings is 1. The molecule has 1 aromatic carbocycles. The number of hydrogen-bond donors (Lipinski definition) is 2. The highest BCUT2D eigenvalue weighted by Crippen LogP contribution is 2.53.